The topological polar surface area (TPSA) is 46.2 Å². The van der Waals surface area contributed by atoms with E-state index >= 15 is 0 Å². The van der Waals surface area contributed by atoms with Crippen molar-refractivity contribution >= 4 is 53.5 Å². The Morgan fingerprint density at radius 2 is 2.00 bits per heavy atom. The van der Waals surface area contributed by atoms with Gasteiger partial charge in [0.2, 0.25) is 10.0 Å². The van der Waals surface area contributed by atoms with E-state index in [0.29, 0.717) is 16.0 Å². The van der Waals surface area contributed by atoms with E-state index < -0.39 is 10.0 Å². The molecule has 1 N–H and O–H groups in total. The van der Waals surface area contributed by atoms with Crippen molar-refractivity contribution in [3.8, 4) is 0 Å². The summed E-state index contributed by atoms with van der Waals surface area (Å²) in [6.45, 7) is 4.43. The number of hydrogen-bond acceptors (Lipinski definition) is 2. The molecule has 7 heteroatoms. The van der Waals surface area contributed by atoms with E-state index in [0.717, 1.165) is 11.8 Å². The molecule has 3 nitrogen and oxygen atoms in total. The molecule has 0 saturated carbocycles. The fourth-order valence-electron chi connectivity index (χ4n) is 1.36. The fourth-order valence-corrected chi connectivity index (χ4v) is 4.35. The quantitative estimate of drug-likeness (QED) is 0.684. The van der Waals surface area contributed by atoms with Crippen LogP contribution in [-0.2, 0) is 10.0 Å². The molecule has 0 aliphatic heterocycles. The van der Waals surface area contributed by atoms with Crippen LogP contribution in [0.5, 0.6) is 0 Å². The van der Waals surface area contributed by atoms with Crippen LogP contribution in [-0.4, -0.2) is 20.3 Å². The Kier molecular flexibility index (Phi) is 6.32. The summed E-state index contributed by atoms with van der Waals surface area (Å²) in [5.74, 6) is 0. The van der Waals surface area contributed by atoms with E-state index in [1.807, 2.05) is 13.8 Å². The van der Waals surface area contributed by atoms with Crippen LogP contribution in [0.1, 0.15) is 20.3 Å². The Morgan fingerprint density at radius 1 is 1.37 bits per heavy atom. The smallest absolute Gasteiger partial charge is 0.211 e. The van der Waals surface area contributed by atoms with Gasteiger partial charge < -0.3 is 0 Å². The van der Waals surface area contributed by atoms with E-state index in [4.69, 9.17) is 11.6 Å². The van der Waals surface area contributed by atoms with Gasteiger partial charge in [-0.05, 0) is 46.0 Å². The van der Waals surface area contributed by atoms with Gasteiger partial charge in [0.05, 0.1) is 9.92 Å². The minimum absolute atomic E-state index is 0.0970. The molecular weight excluding hydrogens is 417 g/mol. The number of nitrogens with one attached hydrogen (secondary N) is 1. The van der Waals surface area contributed by atoms with E-state index in [1.54, 1.807) is 6.07 Å². The third kappa shape index (κ3) is 5.34. The SMILES string of the molecule is CC(C)(CCBr)CNS(=O)(=O)c1ccc(Cl)c(Br)c1. The highest BCUT2D eigenvalue weighted by Crippen LogP contribution is 2.26. The average Bonchev–Trinajstić information content (AvgIpc) is 2.30. The molecule has 0 aliphatic carbocycles. The molecule has 19 heavy (non-hydrogen) atoms. The molecule has 0 saturated heterocycles. The number of hydrogen-bond donors (Lipinski definition) is 1. The van der Waals surface area contributed by atoms with Crippen molar-refractivity contribution in [3.05, 3.63) is 27.7 Å². The van der Waals surface area contributed by atoms with Crippen LogP contribution in [0, 0.1) is 5.41 Å². The van der Waals surface area contributed by atoms with Crippen molar-refractivity contribution in [1.29, 1.82) is 0 Å². The highest BCUT2D eigenvalue weighted by atomic mass is 79.9. The average molecular weight is 434 g/mol. The minimum Gasteiger partial charge on any atom is -0.211 e. The number of benzene rings is 1. The summed E-state index contributed by atoms with van der Waals surface area (Å²) in [5, 5.41) is 1.33. The van der Waals surface area contributed by atoms with Crippen molar-refractivity contribution in [2.75, 3.05) is 11.9 Å². The summed E-state index contributed by atoms with van der Waals surface area (Å²) in [5.41, 5.74) is -0.0970. The van der Waals surface area contributed by atoms with Gasteiger partial charge in [0.1, 0.15) is 0 Å². The lowest BCUT2D eigenvalue weighted by Crippen LogP contribution is -2.34. The van der Waals surface area contributed by atoms with Crippen LogP contribution in [0.2, 0.25) is 5.02 Å². The fraction of sp³-hybridized carbons (Fsp3) is 0.500. The summed E-state index contributed by atoms with van der Waals surface area (Å²) >= 11 is 12.4. The maximum absolute atomic E-state index is 12.2. The largest absolute Gasteiger partial charge is 0.240 e. The third-order valence-electron chi connectivity index (χ3n) is 2.71. The Balaban J connectivity index is 2.84. The zero-order chi connectivity index (χ0) is 14.7. The van der Waals surface area contributed by atoms with Gasteiger partial charge in [-0.15, -0.1) is 0 Å². The number of sulfonamides is 1. The van der Waals surface area contributed by atoms with Gasteiger partial charge in [-0.2, -0.15) is 0 Å². The lowest BCUT2D eigenvalue weighted by molar-refractivity contribution is 0.354. The normalized spacial score (nSPS) is 12.7. The molecule has 0 bridgehead atoms. The van der Waals surface area contributed by atoms with Crippen molar-refractivity contribution in [2.24, 2.45) is 5.41 Å². The number of alkyl halides is 1. The molecule has 0 atom stereocenters. The van der Waals surface area contributed by atoms with Gasteiger partial charge in [0, 0.05) is 16.3 Å². The van der Waals surface area contributed by atoms with E-state index in [9.17, 15) is 8.42 Å². The predicted octanol–water partition coefficient (Wildman–Crippen LogP) is 4.19. The second-order valence-electron chi connectivity index (χ2n) is 5.00. The van der Waals surface area contributed by atoms with Crippen LogP contribution >= 0.6 is 43.5 Å². The van der Waals surface area contributed by atoms with E-state index in [-0.39, 0.29) is 10.3 Å². The van der Waals surface area contributed by atoms with Crippen LogP contribution in [0.15, 0.2) is 27.6 Å². The van der Waals surface area contributed by atoms with Crippen LogP contribution < -0.4 is 4.72 Å². The molecule has 0 aliphatic rings. The van der Waals surface area contributed by atoms with Gasteiger partial charge in [0.15, 0.2) is 0 Å². The molecule has 1 aromatic rings. The standard InChI is InChI=1S/C12H16Br2ClNO2S/c1-12(2,5-6-13)8-16-19(17,18)9-3-4-11(15)10(14)7-9/h3-4,7,16H,5-6,8H2,1-2H3. The van der Waals surface area contributed by atoms with Crippen molar-refractivity contribution in [2.45, 2.75) is 25.2 Å². The summed E-state index contributed by atoms with van der Waals surface area (Å²) in [7, 11) is -3.50. The van der Waals surface area contributed by atoms with Gasteiger partial charge in [-0.3, -0.25) is 0 Å². The molecule has 0 amide bonds. The molecule has 0 spiro atoms. The van der Waals surface area contributed by atoms with Crippen molar-refractivity contribution in [1.82, 2.24) is 4.72 Å². The van der Waals surface area contributed by atoms with Gasteiger partial charge in [-0.1, -0.05) is 41.4 Å². The minimum atomic E-state index is -3.50. The van der Waals surface area contributed by atoms with Crippen LogP contribution in [0.3, 0.4) is 0 Å². The Hall–Kier alpha value is 0.380. The maximum atomic E-state index is 12.2. The maximum Gasteiger partial charge on any atom is 0.240 e. The van der Waals surface area contributed by atoms with Crippen LogP contribution in [0.25, 0.3) is 0 Å². The molecule has 0 unspecified atom stereocenters. The third-order valence-corrected chi connectivity index (χ3v) is 5.72. The summed E-state index contributed by atoms with van der Waals surface area (Å²) < 4.78 is 27.5. The van der Waals surface area contributed by atoms with Crippen molar-refractivity contribution < 1.29 is 8.42 Å². The van der Waals surface area contributed by atoms with E-state index in [1.165, 1.54) is 12.1 Å². The lowest BCUT2D eigenvalue weighted by atomic mass is 9.91. The molecular formula is C12H16Br2ClNO2S. The van der Waals surface area contributed by atoms with Crippen LogP contribution in [0.4, 0.5) is 0 Å². The van der Waals surface area contributed by atoms with E-state index in [2.05, 4.69) is 36.6 Å². The van der Waals surface area contributed by atoms with Crippen molar-refractivity contribution in [3.63, 3.8) is 0 Å². The Morgan fingerprint density at radius 3 is 2.53 bits per heavy atom. The zero-order valence-corrected chi connectivity index (χ0v) is 15.5. The molecule has 0 radical (unpaired) electrons. The Bertz CT molecular complexity index is 547. The highest BCUT2D eigenvalue weighted by molar-refractivity contribution is 9.10. The first kappa shape index (κ1) is 17.4. The monoisotopic (exact) mass is 431 g/mol. The lowest BCUT2D eigenvalue weighted by Gasteiger charge is -2.23. The number of rotatable bonds is 6. The summed E-state index contributed by atoms with van der Waals surface area (Å²) in [6.07, 6.45) is 0.889. The molecule has 1 rings (SSSR count). The Labute approximate surface area is 136 Å². The first-order valence-corrected chi connectivity index (χ1v) is 9.46. The van der Waals surface area contributed by atoms with Gasteiger partial charge in [-0.25, -0.2) is 13.1 Å². The van der Waals surface area contributed by atoms with Gasteiger partial charge in [0.25, 0.3) is 0 Å². The zero-order valence-electron chi connectivity index (χ0n) is 10.7. The molecule has 108 valence electrons. The first-order chi connectivity index (χ1) is 8.68. The second-order valence-corrected chi connectivity index (χ2v) is 8.83. The summed E-state index contributed by atoms with van der Waals surface area (Å²) in [4.78, 5) is 0.207. The molecule has 0 fully saturated rings. The molecule has 1 aromatic carbocycles. The second kappa shape index (κ2) is 6.89. The number of halogens is 3. The highest BCUT2D eigenvalue weighted by Gasteiger charge is 2.22. The summed E-state index contributed by atoms with van der Waals surface area (Å²) in [6, 6.07) is 4.55. The predicted molar refractivity (Wildman–Crippen MR) is 86.5 cm³/mol. The van der Waals surface area contributed by atoms with Gasteiger partial charge >= 0.3 is 0 Å². The first-order valence-electron chi connectivity index (χ1n) is 5.69. The molecule has 0 aromatic heterocycles. The molecule has 0 heterocycles.